The molecule has 5 heterocycles. The third-order valence-corrected chi connectivity index (χ3v) is 9.39. The SMILES string of the molecule is NC(=O)C1=CN([C@@H]2O[C@H](COP(=O)([O-])OP(=O)([O-])OC[C@H]3O[C@@H](n4cnc5c(N)ncnc54)C(O)C3O)C(O)C2O)C=CC1.[Na+].[Na+]. The summed E-state index contributed by atoms with van der Waals surface area (Å²) in [5.74, 6) is -0.686. The number of anilines is 1. The third-order valence-electron chi connectivity index (χ3n) is 6.86. The first-order chi connectivity index (χ1) is 20.7. The number of carbonyl (C=O) groups excluding carboxylic acids is 1. The van der Waals surface area contributed by atoms with E-state index in [1.807, 2.05) is 0 Å². The van der Waals surface area contributed by atoms with Crippen LogP contribution in [0, 0.1) is 0 Å². The van der Waals surface area contributed by atoms with Gasteiger partial charge in [0, 0.05) is 18.0 Å². The van der Waals surface area contributed by atoms with E-state index in [1.165, 1.54) is 28.2 Å². The number of primary amides is 1. The predicted octanol–water partition coefficient (Wildman–Crippen LogP) is -9.94. The molecule has 0 saturated carbocycles. The van der Waals surface area contributed by atoms with Crippen LogP contribution in [0.1, 0.15) is 12.6 Å². The summed E-state index contributed by atoms with van der Waals surface area (Å²) >= 11 is 0. The van der Waals surface area contributed by atoms with Crippen molar-refractivity contribution >= 4 is 38.5 Å². The van der Waals surface area contributed by atoms with Gasteiger partial charge in [-0.05, 0) is 6.42 Å². The van der Waals surface area contributed by atoms with E-state index in [-0.39, 0.29) is 88.1 Å². The van der Waals surface area contributed by atoms with Gasteiger partial charge < -0.3 is 65.1 Å². The number of carbonyl (C=O) groups is 1. The minimum Gasteiger partial charge on any atom is -0.756 e. The van der Waals surface area contributed by atoms with Crippen LogP contribution in [-0.2, 0) is 36.8 Å². The van der Waals surface area contributed by atoms with Crippen molar-refractivity contribution < 1.29 is 126 Å². The molecule has 2 fully saturated rings. The minimum absolute atomic E-state index is 0. The van der Waals surface area contributed by atoms with Gasteiger partial charge in [-0.25, -0.2) is 19.3 Å². The Morgan fingerprint density at radius 3 is 2.11 bits per heavy atom. The first-order valence-electron chi connectivity index (χ1n) is 12.7. The Labute approximate surface area is 303 Å². The molecular weight excluding hydrogens is 682 g/mol. The largest absolute Gasteiger partial charge is 1.00 e. The molecule has 2 saturated heterocycles. The summed E-state index contributed by atoms with van der Waals surface area (Å²) in [5.41, 5.74) is 11.5. The molecule has 1 amide bonds. The standard InChI is InChI=1S/C21H29N7O14P2.2Na/c22-17-12-19(25-7-24-17)28(8-26-12)21-16(32)14(30)11(41-21)6-39-44(36,37)42-43(34,35)38-5-10-13(29)15(31)20(40-10)27-3-1-2-9(4-27)18(23)33;;/h1,3-4,7-8,10-11,13-16,20-21,29-32H,2,5-6H2,(H2,23,33)(H,34,35)(H,36,37)(H2,22,24,25);;/q;2*+1/p-2/t10-,11-,13?,14?,15?,16?,20-,21-;;/m1../s1. The van der Waals surface area contributed by atoms with Crippen LogP contribution in [0.15, 0.2) is 36.7 Å². The number of aliphatic hydroxyl groups excluding tert-OH is 4. The first-order valence-corrected chi connectivity index (χ1v) is 15.6. The number of phosphoric ester groups is 2. The second kappa shape index (κ2) is 15.8. The van der Waals surface area contributed by atoms with E-state index in [4.69, 9.17) is 20.9 Å². The fraction of sp³-hybridized carbons (Fsp3) is 0.524. The van der Waals surface area contributed by atoms with Crippen molar-refractivity contribution in [2.75, 3.05) is 18.9 Å². The summed E-state index contributed by atoms with van der Waals surface area (Å²) < 4.78 is 49.9. The van der Waals surface area contributed by atoms with Gasteiger partial charge in [-0.3, -0.25) is 18.5 Å². The molecule has 0 aromatic carbocycles. The maximum Gasteiger partial charge on any atom is 1.00 e. The molecule has 6 unspecified atom stereocenters. The van der Waals surface area contributed by atoms with Crippen LogP contribution in [0.5, 0.6) is 0 Å². The molecule has 3 aliphatic heterocycles. The van der Waals surface area contributed by atoms with Crippen molar-refractivity contribution in [3.63, 3.8) is 0 Å². The summed E-state index contributed by atoms with van der Waals surface area (Å²) in [6.07, 6.45) is -5.32. The van der Waals surface area contributed by atoms with Gasteiger partial charge in [-0.2, -0.15) is 0 Å². The average Bonchev–Trinajstić information content (AvgIpc) is 3.61. The molecule has 8 N–H and O–H groups in total. The number of allylic oxidation sites excluding steroid dienone is 1. The smallest absolute Gasteiger partial charge is 0.756 e. The number of ether oxygens (including phenoxy) is 2. The summed E-state index contributed by atoms with van der Waals surface area (Å²) in [5, 5.41) is 41.5. The normalized spacial score (nSPS) is 31.9. The number of nitrogens with zero attached hydrogens (tertiary/aromatic N) is 5. The maximum atomic E-state index is 12.3. The topological polar surface area (TPSA) is 323 Å². The average molecular weight is 709 g/mol. The molecule has 0 spiro atoms. The molecule has 3 aliphatic rings. The fourth-order valence-electron chi connectivity index (χ4n) is 4.66. The molecular formula is C21H27N7Na2O14P2. The van der Waals surface area contributed by atoms with Gasteiger partial charge in [-0.1, -0.05) is 6.08 Å². The molecule has 5 rings (SSSR count). The maximum absolute atomic E-state index is 12.3. The number of fused-ring (bicyclic) bond motifs is 1. The second-order valence-corrected chi connectivity index (χ2v) is 12.8. The fourth-order valence-corrected chi connectivity index (χ4v) is 6.68. The van der Waals surface area contributed by atoms with Gasteiger partial charge in [0.2, 0.25) is 5.91 Å². The van der Waals surface area contributed by atoms with E-state index in [0.717, 1.165) is 6.33 Å². The summed E-state index contributed by atoms with van der Waals surface area (Å²) in [6.45, 7) is -1.97. The molecule has 21 nitrogen and oxygen atoms in total. The van der Waals surface area contributed by atoms with Crippen LogP contribution < -0.4 is 80.4 Å². The molecule has 2 aromatic rings. The van der Waals surface area contributed by atoms with E-state index < -0.39 is 83.8 Å². The Bertz CT molecular complexity index is 1570. The van der Waals surface area contributed by atoms with E-state index in [1.54, 1.807) is 6.08 Å². The first kappa shape index (κ1) is 39.6. The minimum atomic E-state index is -5.68. The summed E-state index contributed by atoms with van der Waals surface area (Å²) in [7, 11) is -11.4. The van der Waals surface area contributed by atoms with E-state index in [9.17, 15) is 44.1 Å². The van der Waals surface area contributed by atoms with Crippen LogP contribution in [0.3, 0.4) is 0 Å². The molecule has 25 heteroatoms. The van der Waals surface area contributed by atoms with E-state index >= 15 is 0 Å². The number of rotatable bonds is 11. The summed E-state index contributed by atoms with van der Waals surface area (Å²) in [4.78, 5) is 49.0. The molecule has 0 aliphatic carbocycles. The zero-order valence-corrected chi connectivity index (χ0v) is 30.1. The zero-order chi connectivity index (χ0) is 32.0. The van der Waals surface area contributed by atoms with Crippen LogP contribution >= 0.6 is 15.6 Å². The van der Waals surface area contributed by atoms with Crippen molar-refractivity contribution in [3.05, 3.63) is 36.7 Å². The molecule has 46 heavy (non-hydrogen) atoms. The van der Waals surface area contributed by atoms with Gasteiger partial charge in [0.1, 0.15) is 48.5 Å². The number of phosphoric acid groups is 2. The Balaban J connectivity index is 0.00000288. The van der Waals surface area contributed by atoms with Gasteiger partial charge in [0.15, 0.2) is 23.9 Å². The van der Waals surface area contributed by atoms with E-state index in [2.05, 4.69) is 28.3 Å². The molecule has 242 valence electrons. The van der Waals surface area contributed by atoms with Crippen LogP contribution in [0.2, 0.25) is 0 Å². The van der Waals surface area contributed by atoms with E-state index in [0.29, 0.717) is 0 Å². The Morgan fingerprint density at radius 2 is 1.52 bits per heavy atom. The molecule has 10 atom stereocenters. The third kappa shape index (κ3) is 8.64. The van der Waals surface area contributed by atoms with Crippen LogP contribution in [0.25, 0.3) is 11.2 Å². The van der Waals surface area contributed by atoms with Crippen molar-refractivity contribution in [3.8, 4) is 0 Å². The monoisotopic (exact) mass is 709 g/mol. The molecule has 0 bridgehead atoms. The zero-order valence-electron chi connectivity index (χ0n) is 24.3. The van der Waals surface area contributed by atoms with Crippen molar-refractivity contribution in [1.82, 2.24) is 24.4 Å². The number of imidazole rings is 1. The Hall–Kier alpha value is -0.880. The molecule has 0 radical (unpaired) electrons. The second-order valence-electron chi connectivity index (χ2n) is 9.80. The number of aliphatic hydroxyl groups is 4. The molecule has 2 aromatic heterocycles. The predicted molar refractivity (Wildman–Crippen MR) is 137 cm³/mol. The van der Waals surface area contributed by atoms with Crippen LogP contribution in [-0.4, -0.2) is 107 Å². The van der Waals surface area contributed by atoms with Gasteiger partial charge in [-0.15, -0.1) is 0 Å². The van der Waals surface area contributed by atoms with Crippen LogP contribution in [0.4, 0.5) is 5.82 Å². The summed E-state index contributed by atoms with van der Waals surface area (Å²) in [6, 6.07) is 0. The number of nitrogen functional groups attached to an aromatic ring is 1. The van der Waals surface area contributed by atoms with Crippen molar-refractivity contribution in [2.45, 2.75) is 55.5 Å². The number of amides is 1. The quantitative estimate of drug-likeness (QED) is 0.0931. The van der Waals surface area contributed by atoms with Gasteiger partial charge in [0.25, 0.3) is 15.6 Å². The number of nitrogens with two attached hydrogens (primary N) is 2. The van der Waals surface area contributed by atoms with Crippen molar-refractivity contribution in [1.29, 1.82) is 0 Å². The van der Waals surface area contributed by atoms with Gasteiger partial charge in [0.05, 0.1) is 19.5 Å². The number of hydrogen-bond donors (Lipinski definition) is 6. The van der Waals surface area contributed by atoms with Crippen molar-refractivity contribution in [2.24, 2.45) is 5.73 Å². The Morgan fingerprint density at radius 1 is 0.957 bits per heavy atom. The van der Waals surface area contributed by atoms with Gasteiger partial charge >= 0.3 is 59.1 Å². The number of aromatic nitrogens is 4. The number of hydrogen-bond acceptors (Lipinski definition) is 19. The Kier molecular flexibility index (Phi) is 13.6.